The monoisotopic (exact) mass is 339 g/mol. The number of hydrogen-bond donors (Lipinski definition) is 2. The van der Waals surface area contributed by atoms with Gasteiger partial charge in [-0.05, 0) is 25.5 Å². The predicted octanol–water partition coefficient (Wildman–Crippen LogP) is 2.32. The minimum absolute atomic E-state index is 0.141. The standard InChI is InChI=1S/C13H16F3NO4S/c1-9-2-5-11(6-3-9)22(20,21)17-8-10(13(14,15)16)4-7-12(18)19/h2-3,5-6,10,17H,4,7-8H2,1H3,(H,18,19). The number of aliphatic carboxylic acids is 1. The van der Waals surface area contributed by atoms with Crippen LogP contribution in [-0.4, -0.2) is 32.2 Å². The molecular weight excluding hydrogens is 323 g/mol. The van der Waals surface area contributed by atoms with Crippen LogP contribution in [0.1, 0.15) is 18.4 Å². The molecule has 0 amide bonds. The number of hydrogen-bond acceptors (Lipinski definition) is 3. The van der Waals surface area contributed by atoms with E-state index in [0.717, 1.165) is 5.56 Å². The number of carboxylic acid groups (broad SMARTS) is 1. The van der Waals surface area contributed by atoms with E-state index in [1.165, 1.54) is 24.3 Å². The summed E-state index contributed by atoms with van der Waals surface area (Å²) in [6.07, 6.45) is -6.04. The lowest BCUT2D eigenvalue weighted by atomic mass is 10.0. The zero-order chi connectivity index (χ0) is 17.0. The molecule has 0 spiro atoms. The fourth-order valence-corrected chi connectivity index (χ4v) is 2.77. The van der Waals surface area contributed by atoms with E-state index in [1.54, 1.807) is 6.92 Å². The summed E-state index contributed by atoms with van der Waals surface area (Å²) < 4.78 is 64.0. The van der Waals surface area contributed by atoms with Crippen molar-refractivity contribution >= 4 is 16.0 Å². The largest absolute Gasteiger partial charge is 0.481 e. The van der Waals surface area contributed by atoms with Crippen molar-refractivity contribution in [1.29, 1.82) is 0 Å². The van der Waals surface area contributed by atoms with Crippen LogP contribution in [0.15, 0.2) is 29.2 Å². The first-order valence-corrected chi connectivity index (χ1v) is 7.85. The highest BCUT2D eigenvalue weighted by atomic mass is 32.2. The Labute approximate surface area is 126 Å². The van der Waals surface area contributed by atoms with Gasteiger partial charge in [-0.25, -0.2) is 13.1 Å². The van der Waals surface area contributed by atoms with Crippen LogP contribution in [0.5, 0.6) is 0 Å². The van der Waals surface area contributed by atoms with Crippen LogP contribution in [0.3, 0.4) is 0 Å². The Hall–Kier alpha value is -1.61. The molecule has 124 valence electrons. The van der Waals surface area contributed by atoms with Gasteiger partial charge in [-0.15, -0.1) is 0 Å². The van der Waals surface area contributed by atoms with E-state index in [-0.39, 0.29) is 4.90 Å². The quantitative estimate of drug-likeness (QED) is 0.798. The van der Waals surface area contributed by atoms with Crippen LogP contribution < -0.4 is 4.72 Å². The molecule has 0 radical (unpaired) electrons. The molecule has 0 aliphatic rings. The highest BCUT2D eigenvalue weighted by Crippen LogP contribution is 2.29. The highest BCUT2D eigenvalue weighted by Gasteiger charge is 2.40. The molecule has 5 nitrogen and oxygen atoms in total. The Morgan fingerprint density at radius 3 is 2.27 bits per heavy atom. The molecule has 0 aliphatic carbocycles. The van der Waals surface area contributed by atoms with E-state index in [4.69, 9.17) is 5.11 Å². The zero-order valence-corrected chi connectivity index (χ0v) is 12.5. The lowest BCUT2D eigenvalue weighted by Gasteiger charge is -2.20. The molecule has 0 aliphatic heterocycles. The predicted molar refractivity (Wildman–Crippen MR) is 72.8 cm³/mol. The van der Waals surface area contributed by atoms with E-state index >= 15 is 0 Å². The molecule has 0 fully saturated rings. The molecule has 0 bridgehead atoms. The van der Waals surface area contributed by atoms with Crippen LogP contribution in [-0.2, 0) is 14.8 Å². The van der Waals surface area contributed by atoms with Crippen molar-refractivity contribution < 1.29 is 31.5 Å². The molecule has 1 aromatic carbocycles. The third-order valence-corrected chi connectivity index (χ3v) is 4.46. The van der Waals surface area contributed by atoms with Crippen LogP contribution in [0.2, 0.25) is 0 Å². The molecule has 9 heteroatoms. The fraction of sp³-hybridized carbons (Fsp3) is 0.462. The van der Waals surface area contributed by atoms with Crippen molar-refractivity contribution in [2.45, 2.75) is 30.8 Å². The summed E-state index contributed by atoms with van der Waals surface area (Å²) in [5, 5.41) is 8.45. The number of carbonyl (C=O) groups is 1. The van der Waals surface area contributed by atoms with E-state index in [9.17, 15) is 26.4 Å². The summed E-state index contributed by atoms with van der Waals surface area (Å²) in [6, 6.07) is 5.63. The molecule has 0 aromatic heterocycles. The fourth-order valence-electron chi connectivity index (χ4n) is 1.69. The molecule has 1 aromatic rings. The second kappa shape index (κ2) is 7.10. The molecule has 22 heavy (non-hydrogen) atoms. The van der Waals surface area contributed by atoms with Crippen LogP contribution in [0.4, 0.5) is 13.2 Å². The van der Waals surface area contributed by atoms with E-state index in [0.29, 0.717) is 0 Å². The van der Waals surface area contributed by atoms with Gasteiger partial charge in [-0.2, -0.15) is 13.2 Å². The SMILES string of the molecule is Cc1ccc(S(=O)(=O)NCC(CCC(=O)O)C(F)(F)F)cc1. The van der Waals surface area contributed by atoms with Crippen molar-refractivity contribution in [2.24, 2.45) is 5.92 Å². The highest BCUT2D eigenvalue weighted by molar-refractivity contribution is 7.89. The van der Waals surface area contributed by atoms with Gasteiger partial charge in [0.25, 0.3) is 0 Å². The molecule has 1 unspecified atom stereocenters. The van der Waals surface area contributed by atoms with Crippen LogP contribution in [0, 0.1) is 12.8 Å². The average molecular weight is 339 g/mol. The number of carboxylic acids is 1. The number of rotatable bonds is 7. The number of alkyl halides is 3. The number of nitrogens with one attached hydrogen (secondary N) is 1. The molecule has 0 heterocycles. The maximum absolute atomic E-state index is 12.8. The molecule has 1 rings (SSSR count). The Balaban J connectivity index is 2.78. The van der Waals surface area contributed by atoms with Crippen molar-refractivity contribution in [3.63, 3.8) is 0 Å². The minimum atomic E-state index is -4.68. The van der Waals surface area contributed by atoms with Gasteiger partial charge in [0.15, 0.2) is 0 Å². The Bertz CT molecular complexity index is 611. The number of sulfonamides is 1. The first-order valence-electron chi connectivity index (χ1n) is 6.37. The van der Waals surface area contributed by atoms with Crippen molar-refractivity contribution in [2.75, 3.05) is 6.54 Å². The second-order valence-corrected chi connectivity index (χ2v) is 6.60. The molecular formula is C13H16F3NO4S. The maximum Gasteiger partial charge on any atom is 0.393 e. The van der Waals surface area contributed by atoms with Gasteiger partial charge in [-0.3, -0.25) is 4.79 Å². The Morgan fingerprint density at radius 2 is 1.82 bits per heavy atom. The Kier molecular flexibility index (Phi) is 5.95. The van der Waals surface area contributed by atoms with Gasteiger partial charge < -0.3 is 5.11 Å². The van der Waals surface area contributed by atoms with Gasteiger partial charge in [0.2, 0.25) is 10.0 Å². The Morgan fingerprint density at radius 1 is 1.27 bits per heavy atom. The summed E-state index contributed by atoms with van der Waals surface area (Å²) in [5.74, 6) is -3.42. The number of aryl methyl sites for hydroxylation is 1. The van der Waals surface area contributed by atoms with Crippen molar-refractivity contribution in [3.8, 4) is 0 Å². The first kappa shape index (κ1) is 18.4. The van der Waals surface area contributed by atoms with E-state index < -0.39 is 47.5 Å². The van der Waals surface area contributed by atoms with Gasteiger partial charge in [0.1, 0.15) is 0 Å². The molecule has 2 N–H and O–H groups in total. The summed E-state index contributed by atoms with van der Waals surface area (Å²) in [5.41, 5.74) is 0.813. The third kappa shape index (κ3) is 5.64. The van der Waals surface area contributed by atoms with Gasteiger partial charge >= 0.3 is 12.1 Å². The summed E-state index contributed by atoms with van der Waals surface area (Å²) in [4.78, 5) is 10.2. The third-order valence-electron chi connectivity index (χ3n) is 3.02. The molecule has 1 atom stereocenters. The lowest BCUT2D eigenvalue weighted by Crippen LogP contribution is -2.36. The first-order chi connectivity index (χ1) is 10.0. The van der Waals surface area contributed by atoms with Gasteiger partial charge in [0, 0.05) is 13.0 Å². The smallest absolute Gasteiger partial charge is 0.393 e. The number of halogens is 3. The van der Waals surface area contributed by atoms with Gasteiger partial charge in [0.05, 0.1) is 10.8 Å². The normalized spacial score (nSPS) is 13.8. The molecule has 0 saturated heterocycles. The van der Waals surface area contributed by atoms with E-state index in [1.807, 2.05) is 4.72 Å². The summed E-state index contributed by atoms with van der Waals surface area (Å²) in [6.45, 7) is 0.850. The van der Waals surface area contributed by atoms with Gasteiger partial charge in [-0.1, -0.05) is 17.7 Å². The van der Waals surface area contributed by atoms with E-state index in [2.05, 4.69) is 0 Å². The maximum atomic E-state index is 12.8. The summed E-state index contributed by atoms with van der Waals surface area (Å²) in [7, 11) is -4.07. The van der Waals surface area contributed by atoms with Crippen LogP contribution in [0.25, 0.3) is 0 Å². The minimum Gasteiger partial charge on any atom is -0.481 e. The van der Waals surface area contributed by atoms with Crippen LogP contribution >= 0.6 is 0 Å². The van der Waals surface area contributed by atoms with Crippen molar-refractivity contribution in [1.82, 2.24) is 4.72 Å². The molecule has 0 saturated carbocycles. The van der Waals surface area contributed by atoms with Crippen molar-refractivity contribution in [3.05, 3.63) is 29.8 Å². The summed E-state index contributed by atoms with van der Waals surface area (Å²) >= 11 is 0. The number of benzene rings is 1. The second-order valence-electron chi connectivity index (χ2n) is 4.84. The zero-order valence-electron chi connectivity index (χ0n) is 11.7. The average Bonchev–Trinajstić information content (AvgIpc) is 2.37. The lowest BCUT2D eigenvalue weighted by molar-refractivity contribution is -0.175. The topological polar surface area (TPSA) is 83.5 Å².